The normalized spacial score (nSPS) is 20.8. The third-order valence-electron chi connectivity index (χ3n) is 3.47. The molecule has 0 aliphatic carbocycles. The Kier molecular flexibility index (Phi) is 4.77. The molecule has 1 aromatic rings. The van der Waals surface area contributed by atoms with Gasteiger partial charge in [0.2, 0.25) is 0 Å². The van der Waals surface area contributed by atoms with Crippen molar-refractivity contribution < 1.29 is 13.2 Å². The Morgan fingerprint density at radius 3 is 2.75 bits per heavy atom. The highest BCUT2D eigenvalue weighted by atomic mass is 32.2. The van der Waals surface area contributed by atoms with Crippen molar-refractivity contribution in [1.82, 2.24) is 10.6 Å². The summed E-state index contributed by atoms with van der Waals surface area (Å²) in [6, 6.07) is 7.18. The van der Waals surface area contributed by atoms with E-state index in [9.17, 15) is 13.2 Å². The molecule has 1 atom stereocenters. The van der Waals surface area contributed by atoms with Gasteiger partial charge in [0.05, 0.1) is 11.5 Å². The maximum absolute atomic E-state index is 12.3. The molecule has 1 fully saturated rings. The minimum Gasteiger partial charge on any atom is -0.348 e. The summed E-state index contributed by atoms with van der Waals surface area (Å²) in [5.74, 6) is 0.0374. The molecule has 1 saturated heterocycles. The van der Waals surface area contributed by atoms with E-state index in [2.05, 4.69) is 10.6 Å². The minimum absolute atomic E-state index is 0.0530. The summed E-state index contributed by atoms with van der Waals surface area (Å²) in [5.41, 5.74) is 1.60. The Labute approximate surface area is 119 Å². The molecular weight excluding hydrogens is 276 g/mol. The van der Waals surface area contributed by atoms with Gasteiger partial charge in [0.15, 0.2) is 9.84 Å². The van der Waals surface area contributed by atoms with Crippen LogP contribution in [0.25, 0.3) is 0 Å². The Morgan fingerprint density at radius 2 is 2.10 bits per heavy atom. The second-order valence-corrected chi connectivity index (χ2v) is 7.31. The van der Waals surface area contributed by atoms with Crippen LogP contribution in [-0.2, 0) is 16.3 Å². The van der Waals surface area contributed by atoms with Crippen molar-refractivity contribution in [2.24, 2.45) is 0 Å². The van der Waals surface area contributed by atoms with Gasteiger partial charge in [-0.1, -0.05) is 18.2 Å². The van der Waals surface area contributed by atoms with Gasteiger partial charge >= 0.3 is 0 Å². The summed E-state index contributed by atoms with van der Waals surface area (Å²) in [6.45, 7) is 0.794. The molecule has 6 heteroatoms. The fourth-order valence-corrected chi connectivity index (χ4v) is 4.06. The van der Waals surface area contributed by atoms with Gasteiger partial charge in [-0.2, -0.15) is 0 Å². The molecule has 0 bridgehead atoms. The van der Waals surface area contributed by atoms with E-state index >= 15 is 0 Å². The molecule has 2 N–H and O–H groups in total. The van der Waals surface area contributed by atoms with Crippen molar-refractivity contribution in [3.63, 3.8) is 0 Å². The summed E-state index contributed by atoms with van der Waals surface area (Å²) >= 11 is 0. The molecule has 0 radical (unpaired) electrons. The van der Waals surface area contributed by atoms with Crippen molar-refractivity contribution in [3.05, 3.63) is 35.4 Å². The highest BCUT2D eigenvalue weighted by Gasteiger charge is 2.29. The molecule has 1 amide bonds. The van der Waals surface area contributed by atoms with E-state index in [0.717, 1.165) is 18.5 Å². The second kappa shape index (κ2) is 6.37. The zero-order chi connectivity index (χ0) is 14.6. The van der Waals surface area contributed by atoms with Crippen molar-refractivity contribution in [3.8, 4) is 0 Å². The predicted octanol–water partition coefficient (Wildman–Crippen LogP) is 0.365. The number of hydrogen-bond acceptors (Lipinski definition) is 4. The third kappa shape index (κ3) is 3.80. The van der Waals surface area contributed by atoms with E-state index in [4.69, 9.17) is 0 Å². The van der Waals surface area contributed by atoms with Crippen molar-refractivity contribution in [2.75, 3.05) is 25.1 Å². The number of likely N-dealkylation sites (N-methyl/N-ethyl adjacent to an activating group) is 1. The first-order valence-electron chi connectivity index (χ1n) is 6.75. The van der Waals surface area contributed by atoms with Gasteiger partial charge < -0.3 is 10.6 Å². The van der Waals surface area contributed by atoms with Gasteiger partial charge in [-0.3, -0.25) is 4.79 Å². The molecular formula is C14H20N2O3S. The summed E-state index contributed by atoms with van der Waals surface area (Å²) < 4.78 is 22.8. The molecule has 20 heavy (non-hydrogen) atoms. The first-order chi connectivity index (χ1) is 9.52. The van der Waals surface area contributed by atoms with Crippen molar-refractivity contribution in [2.45, 2.75) is 18.9 Å². The number of nitrogens with one attached hydrogen (secondary N) is 2. The molecule has 1 aromatic carbocycles. The molecule has 0 spiro atoms. The quantitative estimate of drug-likeness (QED) is 0.823. The fraction of sp³-hybridized carbons (Fsp3) is 0.500. The number of sulfone groups is 1. The smallest absolute Gasteiger partial charge is 0.251 e. The van der Waals surface area contributed by atoms with Gasteiger partial charge in [-0.05, 0) is 38.1 Å². The van der Waals surface area contributed by atoms with Crippen molar-refractivity contribution in [1.29, 1.82) is 0 Å². The maximum atomic E-state index is 12.3. The molecule has 1 aliphatic rings. The van der Waals surface area contributed by atoms with E-state index < -0.39 is 9.84 Å². The lowest BCUT2D eigenvalue weighted by Gasteiger charge is -2.13. The van der Waals surface area contributed by atoms with Crippen LogP contribution in [-0.4, -0.2) is 45.5 Å². The molecule has 110 valence electrons. The molecule has 0 saturated carbocycles. The van der Waals surface area contributed by atoms with E-state index in [0.29, 0.717) is 12.0 Å². The molecule has 2 rings (SSSR count). The van der Waals surface area contributed by atoms with E-state index in [1.54, 1.807) is 6.07 Å². The summed E-state index contributed by atoms with van der Waals surface area (Å²) in [4.78, 5) is 12.3. The number of carbonyl (C=O) groups excluding carboxylic acids is 1. The lowest BCUT2D eigenvalue weighted by Crippen LogP contribution is -2.36. The maximum Gasteiger partial charge on any atom is 0.251 e. The van der Waals surface area contributed by atoms with Gasteiger partial charge in [0, 0.05) is 11.6 Å². The molecule has 1 heterocycles. The second-order valence-electron chi connectivity index (χ2n) is 5.08. The zero-order valence-corrected chi connectivity index (χ0v) is 12.4. The van der Waals surface area contributed by atoms with Crippen LogP contribution in [0, 0.1) is 0 Å². The predicted molar refractivity (Wildman–Crippen MR) is 78.6 cm³/mol. The van der Waals surface area contributed by atoms with Crippen LogP contribution in [0.5, 0.6) is 0 Å². The first kappa shape index (κ1) is 15.0. The topological polar surface area (TPSA) is 75.3 Å². The minimum atomic E-state index is -2.97. The van der Waals surface area contributed by atoms with E-state index in [1.165, 1.54) is 0 Å². The Hall–Kier alpha value is -1.40. The van der Waals surface area contributed by atoms with Crippen LogP contribution in [0.15, 0.2) is 24.3 Å². The Balaban J connectivity index is 2.06. The van der Waals surface area contributed by atoms with Gasteiger partial charge in [-0.25, -0.2) is 8.42 Å². The lowest BCUT2D eigenvalue weighted by atomic mass is 10.0. The van der Waals surface area contributed by atoms with Crippen molar-refractivity contribution >= 4 is 15.7 Å². The Morgan fingerprint density at radius 1 is 1.35 bits per heavy atom. The Bertz CT molecular complexity index is 584. The van der Waals surface area contributed by atoms with E-state index in [1.807, 2.05) is 25.2 Å². The van der Waals surface area contributed by atoms with E-state index in [-0.39, 0.29) is 23.5 Å². The fourth-order valence-electron chi connectivity index (χ4n) is 2.39. The van der Waals surface area contributed by atoms with Gasteiger partial charge in [0.25, 0.3) is 5.91 Å². The number of benzene rings is 1. The summed E-state index contributed by atoms with van der Waals surface area (Å²) in [5, 5.41) is 5.88. The van der Waals surface area contributed by atoms with Crippen LogP contribution in [0.3, 0.4) is 0 Å². The summed E-state index contributed by atoms with van der Waals surface area (Å²) in [7, 11) is -1.11. The third-order valence-corrected chi connectivity index (χ3v) is 5.24. The SMILES string of the molecule is CNCCc1ccccc1C(=O)NC1CCS(=O)(=O)C1. The zero-order valence-electron chi connectivity index (χ0n) is 11.6. The van der Waals surface area contributed by atoms with Crippen LogP contribution < -0.4 is 10.6 Å². The highest BCUT2D eigenvalue weighted by molar-refractivity contribution is 7.91. The molecule has 1 unspecified atom stereocenters. The standard InChI is InChI=1S/C14H20N2O3S/c1-15-8-6-11-4-2-3-5-13(11)14(17)16-12-7-9-20(18,19)10-12/h2-5,12,15H,6-10H2,1H3,(H,16,17). The molecule has 0 aromatic heterocycles. The van der Waals surface area contributed by atoms with Crippen LogP contribution in [0.2, 0.25) is 0 Å². The molecule has 1 aliphatic heterocycles. The number of hydrogen-bond donors (Lipinski definition) is 2. The number of rotatable bonds is 5. The van der Waals surface area contributed by atoms with Crippen LogP contribution in [0.4, 0.5) is 0 Å². The average Bonchev–Trinajstić information content (AvgIpc) is 2.76. The average molecular weight is 296 g/mol. The highest BCUT2D eigenvalue weighted by Crippen LogP contribution is 2.14. The van der Waals surface area contributed by atoms with Gasteiger partial charge in [-0.15, -0.1) is 0 Å². The molecule has 5 nitrogen and oxygen atoms in total. The number of carbonyl (C=O) groups is 1. The number of amides is 1. The largest absolute Gasteiger partial charge is 0.348 e. The van der Waals surface area contributed by atoms with Crippen LogP contribution in [0.1, 0.15) is 22.3 Å². The monoisotopic (exact) mass is 296 g/mol. The van der Waals surface area contributed by atoms with Gasteiger partial charge in [0.1, 0.15) is 0 Å². The summed E-state index contributed by atoms with van der Waals surface area (Å²) in [6.07, 6.45) is 1.27. The first-order valence-corrected chi connectivity index (χ1v) is 8.58. The van der Waals surface area contributed by atoms with Crippen LogP contribution >= 0.6 is 0 Å². The lowest BCUT2D eigenvalue weighted by molar-refractivity contribution is 0.0940.